The van der Waals surface area contributed by atoms with E-state index in [9.17, 15) is 0 Å². The van der Waals surface area contributed by atoms with Crippen molar-refractivity contribution in [3.63, 3.8) is 0 Å². The Labute approximate surface area is 171 Å². The average Bonchev–Trinajstić information content (AvgIpc) is 3.24. The minimum Gasteiger partial charge on any atom is -0.497 e. The van der Waals surface area contributed by atoms with Gasteiger partial charge in [0.1, 0.15) is 23.9 Å². The van der Waals surface area contributed by atoms with E-state index in [4.69, 9.17) is 14.2 Å². The summed E-state index contributed by atoms with van der Waals surface area (Å²) in [6, 6.07) is 10.0. The highest BCUT2D eigenvalue weighted by Crippen LogP contribution is 2.30. The average molecular weight is 399 g/mol. The predicted octanol–water partition coefficient (Wildman–Crippen LogP) is 1.92. The number of rotatable bonds is 8. The van der Waals surface area contributed by atoms with Crippen molar-refractivity contribution in [3.05, 3.63) is 42.7 Å². The van der Waals surface area contributed by atoms with Crippen molar-refractivity contribution < 1.29 is 14.2 Å². The first-order valence-corrected chi connectivity index (χ1v) is 9.70. The minimum atomic E-state index is 0.303. The van der Waals surface area contributed by atoms with Gasteiger partial charge in [0.05, 0.1) is 27.0 Å². The molecule has 0 amide bonds. The van der Waals surface area contributed by atoms with Crippen LogP contribution in [0.2, 0.25) is 0 Å². The third-order valence-corrected chi connectivity index (χ3v) is 4.75. The topological polar surface area (TPSA) is 80.2 Å². The zero-order valence-corrected chi connectivity index (χ0v) is 17.2. The van der Waals surface area contributed by atoms with Crippen LogP contribution >= 0.6 is 0 Å². The molecular weight excluding hydrogens is 370 g/mol. The third kappa shape index (κ3) is 5.91. The van der Waals surface area contributed by atoms with Gasteiger partial charge in [-0.2, -0.15) is 0 Å². The van der Waals surface area contributed by atoms with E-state index < -0.39 is 0 Å². The van der Waals surface area contributed by atoms with Gasteiger partial charge in [0.15, 0.2) is 5.96 Å². The molecular formula is C21H29N5O3. The van der Waals surface area contributed by atoms with Crippen molar-refractivity contribution in [2.45, 2.75) is 12.5 Å². The van der Waals surface area contributed by atoms with E-state index >= 15 is 0 Å². The Bertz CT molecular complexity index is 778. The third-order valence-electron chi connectivity index (χ3n) is 4.75. The molecule has 1 saturated heterocycles. The largest absolute Gasteiger partial charge is 0.497 e. The van der Waals surface area contributed by atoms with Gasteiger partial charge in [0, 0.05) is 56.3 Å². The molecule has 1 aromatic carbocycles. The molecule has 8 nitrogen and oxygen atoms in total. The quantitative estimate of drug-likeness (QED) is 0.399. The van der Waals surface area contributed by atoms with E-state index in [1.54, 1.807) is 33.7 Å². The van der Waals surface area contributed by atoms with Crippen LogP contribution in [0.15, 0.2) is 47.7 Å². The SMILES string of the molecule is CN=C(NCCOc1cccnc1)NC1CCN(c2cc(OC)cc(OC)c2)C1. The molecule has 0 aliphatic carbocycles. The monoisotopic (exact) mass is 399 g/mol. The summed E-state index contributed by atoms with van der Waals surface area (Å²) in [5.41, 5.74) is 1.10. The molecule has 0 bridgehead atoms. The summed E-state index contributed by atoms with van der Waals surface area (Å²) in [5.74, 6) is 3.12. The number of methoxy groups -OCH3 is 2. The van der Waals surface area contributed by atoms with Crippen molar-refractivity contribution >= 4 is 11.6 Å². The molecule has 1 fully saturated rings. The predicted molar refractivity (Wildman–Crippen MR) is 114 cm³/mol. The lowest BCUT2D eigenvalue weighted by atomic mass is 10.2. The Kier molecular flexibility index (Phi) is 7.38. The highest BCUT2D eigenvalue weighted by atomic mass is 16.5. The van der Waals surface area contributed by atoms with E-state index in [1.165, 1.54) is 0 Å². The number of ether oxygens (including phenoxy) is 3. The fraction of sp³-hybridized carbons (Fsp3) is 0.429. The maximum atomic E-state index is 5.65. The van der Waals surface area contributed by atoms with E-state index in [2.05, 4.69) is 25.5 Å². The molecule has 1 aliphatic heterocycles. The minimum absolute atomic E-state index is 0.303. The van der Waals surface area contributed by atoms with E-state index in [0.717, 1.165) is 48.4 Å². The van der Waals surface area contributed by atoms with Crippen LogP contribution in [0.3, 0.4) is 0 Å². The second-order valence-corrected chi connectivity index (χ2v) is 6.68. The van der Waals surface area contributed by atoms with Crippen LogP contribution in [0.1, 0.15) is 6.42 Å². The number of nitrogens with one attached hydrogen (secondary N) is 2. The van der Waals surface area contributed by atoms with Crippen molar-refractivity contribution in [1.29, 1.82) is 0 Å². The highest BCUT2D eigenvalue weighted by Gasteiger charge is 2.24. The molecule has 1 unspecified atom stereocenters. The number of nitrogens with zero attached hydrogens (tertiary/aromatic N) is 3. The zero-order chi connectivity index (χ0) is 20.5. The van der Waals surface area contributed by atoms with E-state index in [0.29, 0.717) is 19.2 Å². The second kappa shape index (κ2) is 10.4. The summed E-state index contributed by atoms with van der Waals surface area (Å²) in [6.45, 7) is 3.02. The number of anilines is 1. The standard InChI is InChI=1S/C21H29N5O3/c1-22-21(24-8-10-29-18-5-4-7-23-14-18)25-16-6-9-26(15-16)17-11-19(27-2)13-20(12-17)28-3/h4-5,7,11-14,16H,6,8-10,15H2,1-3H3,(H2,22,24,25). The lowest BCUT2D eigenvalue weighted by Gasteiger charge is -2.21. The van der Waals surface area contributed by atoms with Crippen LogP contribution in [-0.4, -0.2) is 64.5 Å². The van der Waals surface area contributed by atoms with Gasteiger partial charge in [-0.05, 0) is 18.6 Å². The first-order valence-electron chi connectivity index (χ1n) is 9.70. The lowest BCUT2D eigenvalue weighted by molar-refractivity contribution is 0.320. The van der Waals surface area contributed by atoms with Gasteiger partial charge < -0.3 is 29.7 Å². The smallest absolute Gasteiger partial charge is 0.191 e. The number of hydrogen-bond acceptors (Lipinski definition) is 6. The van der Waals surface area contributed by atoms with Gasteiger partial charge in [-0.3, -0.25) is 9.98 Å². The molecule has 156 valence electrons. The van der Waals surface area contributed by atoms with Gasteiger partial charge in [-0.25, -0.2) is 0 Å². The van der Waals surface area contributed by atoms with Crippen molar-refractivity contribution in [1.82, 2.24) is 15.6 Å². The molecule has 1 aromatic heterocycles. The first kappa shape index (κ1) is 20.6. The lowest BCUT2D eigenvalue weighted by Crippen LogP contribution is -2.45. The maximum Gasteiger partial charge on any atom is 0.191 e. The van der Waals surface area contributed by atoms with Gasteiger partial charge in [0.2, 0.25) is 0 Å². The summed E-state index contributed by atoms with van der Waals surface area (Å²) in [7, 11) is 5.11. The second-order valence-electron chi connectivity index (χ2n) is 6.68. The summed E-state index contributed by atoms with van der Waals surface area (Å²) in [5, 5.41) is 6.78. The van der Waals surface area contributed by atoms with Crippen LogP contribution in [0.25, 0.3) is 0 Å². The molecule has 2 heterocycles. The molecule has 2 N–H and O–H groups in total. The Morgan fingerprint density at radius 3 is 2.66 bits per heavy atom. The van der Waals surface area contributed by atoms with Crippen molar-refractivity contribution in [2.24, 2.45) is 4.99 Å². The zero-order valence-electron chi connectivity index (χ0n) is 17.2. The van der Waals surface area contributed by atoms with Crippen LogP contribution in [0.4, 0.5) is 5.69 Å². The fourth-order valence-electron chi connectivity index (χ4n) is 3.25. The van der Waals surface area contributed by atoms with Gasteiger partial charge in [0.25, 0.3) is 0 Å². The van der Waals surface area contributed by atoms with Crippen LogP contribution < -0.4 is 29.7 Å². The summed E-state index contributed by atoms with van der Waals surface area (Å²) in [4.78, 5) is 10.7. The Hall–Kier alpha value is -3.16. The molecule has 29 heavy (non-hydrogen) atoms. The maximum absolute atomic E-state index is 5.65. The van der Waals surface area contributed by atoms with E-state index in [1.807, 2.05) is 30.3 Å². The van der Waals surface area contributed by atoms with E-state index in [-0.39, 0.29) is 0 Å². The Balaban J connectivity index is 1.47. The molecule has 3 rings (SSSR count). The van der Waals surface area contributed by atoms with Gasteiger partial charge in [-0.1, -0.05) is 0 Å². The molecule has 0 radical (unpaired) electrons. The van der Waals surface area contributed by atoms with Crippen molar-refractivity contribution in [3.8, 4) is 17.2 Å². The highest BCUT2D eigenvalue weighted by molar-refractivity contribution is 5.80. The molecule has 1 aliphatic rings. The molecule has 2 aromatic rings. The Morgan fingerprint density at radius 2 is 2.00 bits per heavy atom. The summed E-state index contributed by atoms with van der Waals surface area (Å²) >= 11 is 0. The molecule has 0 spiro atoms. The van der Waals surface area contributed by atoms with Crippen LogP contribution in [-0.2, 0) is 0 Å². The number of benzene rings is 1. The van der Waals surface area contributed by atoms with Gasteiger partial charge in [-0.15, -0.1) is 0 Å². The Morgan fingerprint density at radius 1 is 1.21 bits per heavy atom. The molecule has 0 saturated carbocycles. The van der Waals surface area contributed by atoms with Crippen molar-refractivity contribution in [2.75, 3.05) is 52.4 Å². The number of aromatic nitrogens is 1. The fourth-order valence-corrected chi connectivity index (χ4v) is 3.25. The number of aliphatic imine (C=N–C) groups is 1. The summed E-state index contributed by atoms with van der Waals surface area (Å²) < 4.78 is 16.4. The van der Waals surface area contributed by atoms with Crippen LogP contribution in [0.5, 0.6) is 17.2 Å². The van der Waals surface area contributed by atoms with Gasteiger partial charge >= 0.3 is 0 Å². The summed E-state index contributed by atoms with van der Waals surface area (Å²) in [6.07, 6.45) is 4.45. The normalized spacial score (nSPS) is 16.4. The number of pyridine rings is 1. The first-order chi connectivity index (χ1) is 14.2. The van der Waals surface area contributed by atoms with Crippen LogP contribution in [0, 0.1) is 0 Å². The number of hydrogen-bond donors (Lipinski definition) is 2. The molecule has 8 heteroatoms. The molecule has 1 atom stereocenters. The number of guanidine groups is 1.